The highest BCUT2D eigenvalue weighted by molar-refractivity contribution is 5.95. The molecule has 0 bridgehead atoms. The normalized spacial score (nSPS) is 19.5. The summed E-state index contributed by atoms with van der Waals surface area (Å²) in [4.78, 5) is 17.9. The summed E-state index contributed by atoms with van der Waals surface area (Å²) in [5, 5.41) is 8.24. The number of carbonyl (C=O) groups is 1. The van der Waals surface area contributed by atoms with E-state index in [0.29, 0.717) is 17.4 Å². The maximum atomic E-state index is 12.9. The Hall–Kier alpha value is -3.60. The Bertz CT molecular complexity index is 1360. The summed E-state index contributed by atoms with van der Waals surface area (Å²) in [5.74, 6) is 1.31. The van der Waals surface area contributed by atoms with Gasteiger partial charge in [-0.3, -0.25) is 9.78 Å². The highest BCUT2D eigenvalue weighted by Crippen LogP contribution is 2.32. The lowest BCUT2D eigenvalue weighted by Gasteiger charge is -2.31. The van der Waals surface area contributed by atoms with E-state index in [1.54, 1.807) is 0 Å². The first-order valence-corrected chi connectivity index (χ1v) is 12.8. The summed E-state index contributed by atoms with van der Waals surface area (Å²) >= 11 is 0. The monoisotopic (exact) mass is 481 g/mol. The topological polar surface area (TPSA) is 63.2 Å². The zero-order valence-corrected chi connectivity index (χ0v) is 21.7. The van der Waals surface area contributed by atoms with Gasteiger partial charge in [-0.05, 0) is 81.2 Å². The molecular formula is C31H35N3O2. The molecule has 1 aromatic heterocycles. The van der Waals surface area contributed by atoms with Crippen LogP contribution >= 0.6 is 0 Å². The van der Waals surface area contributed by atoms with E-state index < -0.39 is 0 Å². The predicted molar refractivity (Wildman–Crippen MR) is 148 cm³/mol. The van der Waals surface area contributed by atoms with Crippen molar-refractivity contribution < 1.29 is 9.53 Å². The van der Waals surface area contributed by atoms with E-state index in [9.17, 15) is 4.79 Å². The average molecular weight is 482 g/mol. The maximum Gasteiger partial charge on any atom is 0.251 e. The Balaban J connectivity index is 1.24. The minimum atomic E-state index is -0.0302. The summed E-state index contributed by atoms with van der Waals surface area (Å²) in [6, 6.07) is 14.8. The van der Waals surface area contributed by atoms with Crippen LogP contribution < -0.4 is 15.4 Å². The van der Waals surface area contributed by atoms with E-state index in [2.05, 4.69) is 69.2 Å². The Kier molecular flexibility index (Phi) is 6.33. The van der Waals surface area contributed by atoms with Crippen molar-refractivity contribution in [2.45, 2.75) is 70.9 Å². The van der Waals surface area contributed by atoms with Crippen molar-refractivity contribution in [2.24, 2.45) is 0 Å². The number of aromatic nitrogens is 1. The van der Waals surface area contributed by atoms with Crippen LogP contribution in [0.25, 0.3) is 17.0 Å². The second-order valence-corrected chi connectivity index (χ2v) is 11.1. The smallest absolute Gasteiger partial charge is 0.251 e. The lowest BCUT2D eigenvalue weighted by molar-refractivity contribution is 0.0926. The van der Waals surface area contributed by atoms with Crippen LogP contribution in [0.5, 0.6) is 5.75 Å². The van der Waals surface area contributed by atoms with Crippen molar-refractivity contribution in [1.82, 2.24) is 10.3 Å². The van der Waals surface area contributed by atoms with E-state index in [1.807, 2.05) is 30.4 Å². The van der Waals surface area contributed by atoms with E-state index in [-0.39, 0.29) is 17.4 Å². The number of fused-ring (bicyclic) bond motifs is 2. The minimum absolute atomic E-state index is 0.0238. The summed E-state index contributed by atoms with van der Waals surface area (Å²) in [5.41, 5.74) is 6.05. The Morgan fingerprint density at radius 1 is 1.00 bits per heavy atom. The molecular weight excluding hydrogens is 446 g/mol. The number of allylic oxidation sites excluding steroid dienone is 1. The Morgan fingerprint density at radius 2 is 1.75 bits per heavy atom. The first-order valence-electron chi connectivity index (χ1n) is 12.8. The molecule has 1 fully saturated rings. The fourth-order valence-corrected chi connectivity index (χ4v) is 4.98. The molecule has 2 aliphatic rings. The van der Waals surface area contributed by atoms with Gasteiger partial charge in [0.15, 0.2) is 0 Å². The van der Waals surface area contributed by atoms with Gasteiger partial charge in [0.1, 0.15) is 11.5 Å². The number of aryl methyl sites for hydroxylation is 1. The first-order chi connectivity index (χ1) is 17.2. The lowest BCUT2D eigenvalue weighted by Crippen LogP contribution is -2.40. The quantitative estimate of drug-likeness (QED) is 0.425. The van der Waals surface area contributed by atoms with Gasteiger partial charge in [-0.15, -0.1) is 0 Å². The van der Waals surface area contributed by atoms with Gasteiger partial charge in [0.2, 0.25) is 0 Å². The second-order valence-electron chi connectivity index (χ2n) is 11.1. The average Bonchev–Trinajstić information content (AvgIpc) is 2.84. The predicted octanol–water partition coefficient (Wildman–Crippen LogP) is 6.91. The van der Waals surface area contributed by atoms with Gasteiger partial charge >= 0.3 is 0 Å². The van der Waals surface area contributed by atoms with Crippen LogP contribution in [0.2, 0.25) is 0 Å². The fraction of sp³-hybridized carbons (Fsp3) is 0.355. The number of rotatable bonds is 4. The Labute approximate surface area is 213 Å². The van der Waals surface area contributed by atoms with E-state index in [0.717, 1.165) is 53.9 Å². The molecule has 3 aromatic rings. The fourth-order valence-electron chi connectivity index (χ4n) is 4.98. The van der Waals surface area contributed by atoms with Crippen LogP contribution in [0.4, 0.5) is 5.69 Å². The summed E-state index contributed by atoms with van der Waals surface area (Å²) in [6.07, 6.45) is 7.67. The van der Waals surface area contributed by atoms with Crippen LogP contribution in [0.1, 0.15) is 73.6 Å². The first kappa shape index (κ1) is 24.1. The highest BCUT2D eigenvalue weighted by Gasteiger charge is 2.25. The van der Waals surface area contributed by atoms with E-state index in [1.165, 1.54) is 10.9 Å². The van der Waals surface area contributed by atoms with Crippen molar-refractivity contribution in [1.29, 1.82) is 0 Å². The molecule has 0 spiro atoms. The number of nitrogens with one attached hydrogen (secondary N) is 2. The second kappa shape index (κ2) is 9.45. The zero-order chi connectivity index (χ0) is 25.4. The van der Waals surface area contributed by atoms with Crippen LogP contribution in [0.3, 0.4) is 0 Å². The molecule has 2 N–H and O–H groups in total. The van der Waals surface area contributed by atoms with Gasteiger partial charge in [-0.25, -0.2) is 0 Å². The maximum absolute atomic E-state index is 12.9. The third-order valence-electron chi connectivity index (χ3n) is 7.12. The number of nitrogens with zero attached hydrogens (tertiary/aromatic N) is 1. The van der Waals surface area contributed by atoms with Gasteiger partial charge in [-0.2, -0.15) is 0 Å². The standard InChI is InChI=1S/C31H35N3O2/c1-19-6-14-26-25(16-19)27(18-29(34-26)31(3,4)5)32-23-10-12-24(13-11-23)33-30(35)22-9-15-28-21(17-22)8-7-20(2)36-28/h6-9,14-18,23-24H,2,10-13H2,1,3-5H3,(H,32,34)(H,33,35). The molecule has 1 aliphatic carbocycles. The SMILES string of the molecule is C=C1C=Cc2cc(C(=O)NC3CCC(Nc4cc(C(C)(C)C)nc5ccc(C)cc45)CC3)ccc2O1. The molecule has 0 unspecified atom stereocenters. The molecule has 36 heavy (non-hydrogen) atoms. The highest BCUT2D eigenvalue weighted by atomic mass is 16.5. The molecule has 2 heterocycles. The number of hydrogen-bond donors (Lipinski definition) is 2. The number of anilines is 1. The number of ether oxygens (including phenoxy) is 1. The Morgan fingerprint density at radius 3 is 2.50 bits per heavy atom. The van der Waals surface area contributed by atoms with E-state index >= 15 is 0 Å². The molecule has 1 aliphatic heterocycles. The lowest BCUT2D eigenvalue weighted by atomic mass is 9.89. The molecule has 5 heteroatoms. The van der Waals surface area contributed by atoms with Crippen molar-refractivity contribution in [3.63, 3.8) is 0 Å². The van der Waals surface area contributed by atoms with Gasteiger partial charge in [0.05, 0.1) is 5.52 Å². The molecule has 5 rings (SSSR count). The molecule has 1 saturated carbocycles. The van der Waals surface area contributed by atoms with Crippen molar-refractivity contribution >= 4 is 28.6 Å². The largest absolute Gasteiger partial charge is 0.457 e. The summed E-state index contributed by atoms with van der Waals surface area (Å²) in [7, 11) is 0. The number of pyridine rings is 1. The molecule has 2 aromatic carbocycles. The van der Waals surface area contributed by atoms with Gasteiger partial charge in [-0.1, -0.05) is 39.0 Å². The van der Waals surface area contributed by atoms with Crippen LogP contribution in [0, 0.1) is 6.92 Å². The minimum Gasteiger partial charge on any atom is -0.457 e. The number of amides is 1. The molecule has 186 valence electrons. The van der Waals surface area contributed by atoms with Crippen LogP contribution in [-0.2, 0) is 5.41 Å². The van der Waals surface area contributed by atoms with Crippen LogP contribution in [-0.4, -0.2) is 23.0 Å². The van der Waals surface area contributed by atoms with Crippen LogP contribution in [0.15, 0.2) is 60.9 Å². The molecule has 0 radical (unpaired) electrons. The van der Waals surface area contributed by atoms with Gasteiger partial charge < -0.3 is 15.4 Å². The van der Waals surface area contributed by atoms with Crippen molar-refractivity contribution in [3.8, 4) is 5.75 Å². The van der Waals surface area contributed by atoms with E-state index in [4.69, 9.17) is 9.72 Å². The summed E-state index contributed by atoms with van der Waals surface area (Å²) in [6.45, 7) is 12.6. The molecule has 1 amide bonds. The third-order valence-corrected chi connectivity index (χ3v) is 7.12. The molecule has 0 saturated heterocycles. The van der Waals surface area contributed by atoms with Gasteiger partial charge in [0, 0.05) is 45.4 Å². The molecule has 0 atom stereocenters. The number of carbonyl (C=O) groups excluding carboxylic acids is 1. The van der Waals surface area contributed by atoms with Gasteiger partial charge in [0.25, 0.3) is 5.91 Å². The molecule has 5 nitrogen and oxygen atoms in total. The summed E-state index contributed by atoms with van der Waals surface area (Å²) < 4.78 is 5.61. The van der Waals surface area contributed by atoms with Crippen molar-refractivity contribution in [3.05, 3.63) is 83.3 Å². The number of hydrogen-bond acceptors (Lipinski definition) is 4. The van der Waals surface area contributed by atoms with Crippen molar-refractivity contribution in [2.75, 3.05) is 5.32 Å². The third kappa shape index (κ3) is 5.15. The zero-order valence-electron chi connectivity index (χ0n) is 21.7. The number of benzene rings is 2.